The Hall–Kier alpha value is -6.38. The molecule has 0 amide bonds. The molecule has 0 atom stereocenters. The van der Waals surface area contributed by atoms with E-state index in [2.05, 4.69) is 201 Å². The molecule has 2 aliphatic carbocycles. The maximum atomic E-state index is 7.34. The lowest BCUT2D eigenvalue weighted by atomic mass is 9.72. The highest BCUT2D eigenvalue weighted by Crippen LogP contribution is 2.62. The topological polar surface area (TPSA) is 18.5 Å². The minimum Gasteiger partial charge on any atom is -0.455 e. The van der Waals surface area contributed by atoms with Crippen LogP contribution in [0.25, 0.3) is 55.3 Å². The summed E-state index contributed by atoms with van der Waals surface area (Å²) in [6.07, 6.45) is 0. The van der Waals surface area contributed by atoms with Crippen LogP contribution < -0.4 is 9.47 Å². The summed E-state index contributed by atoms with van der Waals surface area (Å²) in [5.41, 5.74) is 19.0. The number of hydrogen-bond donors (Lipinski definition) is 0. The summed E-state index contributed by atoms with van der Waals surface area (Å²) in [6.45, 7) is 18.8. The Bertz CT molecular complexity index is 2990. The van der Waals surface area contributed by atoms with E-state index in [0.29, 0.717) is 0 Å². The van der Waals surface area contributed by atoms with E-state index < -0.39 is 0 Å². The first-order chi connectivity index (χ1) is 28.8. The van der Waals surface area contributed by atoms with Gasteiger partial charge in [-0.3, -0.25) is 0 Å². The summed E-state index contributed by atoms with van der Waals surface area (Å²) in [7, 11) is 0. The molecule has 8 aromatic rings. The third-order valence-corrected chi connectivity index (χ3v) is 15.0. The van der Waals surface area contributed by atoms with Gasteiger partial charge in [0.05, 0.1) is 0 Å². The molecule has 0 aromatic heterocycles. The van der Waals surface area contributed by atoms with Crippen LogP contribution in [0.15, 0.2) is 146 Å². The second kappa shape index (κ2) is 11.7. The van der Waals surface area contributed by atoms with Crippen molar-refractivity contribution in [2.45, 2.75) is 77.0 Å². The average molecular weight is 777 g/mol. The molecule has 0 radical (unpaired) electrons. The number of para-hydroxylation sites is 2. The van der Waals surface area contributed by atoms with E-state index in [-0.39, 0.29) is 21.7 Å². The van der Waals surface area contributed by atoms with Gasteiger partial charge in [0.2, 0.25) is 0 Å². The zero-order valence-electron chi connectivity index (χ0n) is 35.7. The molecule has 2 aliphatic heterocycles. The third kappa shape index (κ3) is 4.39. The SMILES string of the molecule is CC1(C)c2cccc(-c3ccc(-c4cccc5c4Oc4c(ccc6c4-c4ccccc4C6(C)C)C5(C)C)c4ccccc34)c2Oc2c1ccc1c2-c2ccccc2C1(C)C. The summed E-state index contributed by atoms with van der Waals surface area (Å²) in [5, 5.41) is 2.37. The van der Waals surface area contributed by atoms with Crippen molar-refractivity contribution < 1.29 is 9.47 Å². The molecule has 2 heterocycles. The molecular formula is C58H48O2. The average Bonchev–Trinajstić information content (AvgIpc) is 3.63. The third-order valence-electron chi connectivity index (χ3n) is 15.0. The lowest BCUT2D eigenvalue weighted by molar-refractivity contribution is 0.420. The molecule has 0 N–H and O–H groups in total. The van der Waals surface area contributed by atoms with Crippen LogP contribution in [0.5, 0.6) is 23.0 Å². The molecule has 2 nitrogen and oxygen atoms in total. The van der Waals surface area contributed by atoms with Crippen molar-refractivity contribution in [3.05, 3.63) is 190 Å². The summed E-state index contributed by atoms with van der Waals surface area (Å²) in [4.78, 5) is 0. The van der Waals surface area contributed by atoms with Crippen LogP contribution in [0, 0.1) is 0 Å². The van der Waals surface area contributed by atoms with Crippen molar-refractivity contribution in [2.24, 2.45) is 0 Å². The van der Waals surface area contributed by atoms with E-state index in [1.54, 1.807) is 0 Å². The van der Waals surface area contributed by atoms with E-state index in [9.17, 15) is 0 Å². The normalized spacial score (nSPS) is 17.1. The zero-order valence-corrected chi connectivity index (χ0v) is 35.7. The predicted molar refractivity (Wildman–Crippen MR) is 247 cm³/mol. The molecule has 0 spiro atoms. The van der Waals surface area contributed by atoms with Gasteiger partial charge in [-0.15, -0.1) is 0 Å². The molecule has 12 rings (SSSR count). The highest BCUT2D eigenvalue weighted by Gasteiger charge is 2.45. The first-order valence-electron chi connectivity index (χ1n) is 21.5. The monoisotopic (exact) mass is 776 g/mol. The molecular weight excluding hydrogens is 729 g/mol. The molecule has 0 saturated carbocycles. The number of ether oxygens (including phenoxy) is 2. The van der Waals surface area contributed by atoms with Gasteiger partial charge in [-0.25, -0.2) is 0 Å². The van der Waals surface area contributed by atoms with Gasteiger partial charge in [0.15, 0.2) is 0 Å². The summed E-state index contributed by atoms with van der Waals surface area (Å²) in [5.74, 6) is 3.87. The van der Waals surface area contributed by atoms with Crippen LogP contribution in [0.2, 0.25) is 0 Å². The fraction of sp³-hybridized carbons (Fsp3) is 0.207. The van der Waals surface area contributed by atoms with Gasteiger partial charge < -0.3 is 9.47 Å². The minimum absolute atomic E-state index is 0.112. The van der Waals surface area contributed by atoms with E-state index >= 15 is 0 Å². The van der Waals surface area contributed by atoms with Gasteiger partial charge in [0, 0.05) is 66.2 Å². The fourth-order valence-electron chi connectivity index (χ4n) is 11.7. The van der Waals surface area contributed by atoms with E-state index in [4.69, 9.17) is 9.47 Å². The summed E-state index contributed by atoms with van der Waals surface area (Å²) >= 11 is 0. The molecule has 4 aliphatic rings. The van der Waals surface area contributed by atoms with Gasteiger partial charge in [-0.1, -0.05) is 201 Å². The van der Waals surface area contributed by atoms with Crippen LogP contribution in [0.1, 0.15) is 99.9 Å². The zero-order chi connectivity index (χ0) is 41.1. The lowest BCUT2D eigenvalue weighted by Gasteiger charge is -2.37. The Kier molecular flexibility index (Phi) is 6.91. The van der Waals surface area contributed by atoms with Crippen molar-refractivity contribution in [2.75, 3.05) is 0 Å². The molecule has 0 saturated heterocycles. The van der Waals surface area contributed by atoms with E-state index in [1.807, 2.05) is 0 Å². The van der Waals surface area contributed by atoms with Crippen LogP contribution in [-0.2, 0) is 21.7 Å². The lowest BCUT2D eigenvalue weighted by Crippen LogP contribution is -2.25. The van der Waals surface area contributed by atoms with Crippen molar-refractivity contribution in [3.8, 4) is 67.5 Å². The summed E-state index contributed by atoms with van der Waals surface area (Å²) < 4.78 is 14.7. The molecule has 292 valence electrons. The predicted octanol–water partition coefficient (Wildman–Crippen LogP) is 15.6. The first kappa shape index (κ1) is 35.6. The second-order valence-electron chi connectivity index (χ2n) is 19.6. The molecule has 0 unspecified atom stereocenters. The Morgan fingerprint density at radius 3 is 1.00 bits per heavy atom. The van der Waals surface area contributed by atoms with Crippen LogP contribution in [-0.4, -0.2) is 0 Å². The minimum atomic E-state index is -0.273. The van der Waals surface area contributed by atoms with Crippen LogP contribution in [0.4, 0.5) is 0 Å². The smallest absolute Gasteiger partial charge is 0.139 e. The number of fused-ring (bicyclic) bond motifs is 13. The van der Waals surface area contributed by atoms with Gasteiger partial charge in [0.1, 0.15) is 23.0 Å². The van der Waals surface area contributed by atoms with Gasteiger partial charge >= 0.3 is 0 Å². The van der Waals surface area contributed by atoms with Gasteiger partial charge in [0.25, 0.3) is 0 Å². The maximum absolute atomic E-state index is 7.34. The number of rotatable bonds is 2. The first-order valence-corrected chi connectivity index (χ1v) is 21.5. The number of benzene rings is 8. The van der Waals surface area contributed by atoms with Crippen molar-refractivity contribution >= 4 is 10.8 Å². The standard InChI is InChI=1S/C58H48O2/c1-55(2)41-23-13-11-19-39(41)49-43(55)29-31-47-53(49)59-51-37(21-15-25-45(51)57(47,5)6)35-27-28-36(34-18-10-9-17-33(34)35)38-22-16-26-46-52(38)60-54-48(58(46,7)8)32-30-44-50(54)40-20-12-14-24-42(40)56(44,3)4/h9-32H,1-8H3. The Balaban J connectivity index is 1.03. The highest BCUT2D eigenvalue weighted by molar-refractivity contribution is 6.07. The van der Waals surface area contributed by atoms with E-state index in [1.165, 1.54) is 77.5 Å². The number of hydrogen-bond acceptors (Lipinski definition) is 2. The van der Waals surface area contributed by atoms with E-state index in [0.717, 1.165) is 45.3 Å². The molecule has 60 heavy (non-hydrogen) atoms. The van der Waals surface area contributed by atoms with Crippen molar-refractivity contribution in [1.29, 1.82) is 0 Å². The van der Waals surface area contributed by atoms with Crippen LogP contribution >= 0.6 is 0 Å². The molecule has 2 heteroatoms. The fourth-order valence-corrected chi connectivity index (χ4v) is 11.7. The largest absolute Gasteiger partial charge is 0.455 e. The molecule has 0 bridgehead atoms. The van der Waals surface area contributed by atoms with Gasteiger partial charge in [-0.05, 0) is 55.3 Å². The quantitative estimate of drug-likeness (QED) is 0.174. The Morgan fingerprint density at radius 2 is 0.567 bits per heavy atom. The molecule has 8 aromatic carbocycles. The Morgan fingerprint density at radius 1 is 0.250 bits per heavy atom. The maximum Gasteiger partial charge on any atom is 0.139 e. The Labute approximate surface area is 353 Å². The molecule has 0 fully saturated rings. The van der Waals surface area contributed by atoms with Crippen molar-refractivity contribution in [3.63, 3.8) is 0 Å². The second-order valence-corrected chi connectivity index (χ2v) is 19.6. The van der Waals surface area contributed by atoms with Crippen LogP contribution in [0.3, 0.4) is 0 Å². The summed E-state index contributed by atoms with van der Waals surface area (Å²) in [6, 6.07) is 54.0. The van der Waals surface area contributed by atoms with Crippen molar-refractivity contribution in [1.82, 2.24) is 0 Å². The van der Waals surface area contributed by atoms with Gasteiger partial charge in [-0.2, -0.15) is 0 Å². The highest BCUT2D eigenvalue weighted by atomic mass is 16.5.